The van der Waals surface area contributed by atoms with Gasteiger partial charge in [0.25, 0.3) is 0 Å². The molecular weight excluding hydrogens is 439 g/mol. The number of anilines is 1. The van der Waals surface area contributed by atoms with E-state index in [1.165, 1.54) is 18.4 Å². The van der Waals surface area contributed by atoms with E-state index in [0.717, 1.165) is 65.7 Å². The molecule has 0 atom stereocenters. The number of halogens is 1. The zero-order valence-electron chi connectivity index (χ0n) is 15.3. The van der Waals surface area contributed by atoms with Gasteiger partial charge in [-0.2, -0.15) is 0 Å². The average Bonchev–Trinajstić information content (AvgIpc) is 3.40. The number of nitrogens with zero attached hydrogens (tertiary/aromatic N) is 4. The van der Waals surface area contributed by atoms with Crippen LogP contribution in [0.4, 0.5) is 5.95 Å². The molecule has 0 saturated heterocycles. The van der Waals surface area contributed by atoms with Gasteiger partial charge in [0.05, 0.1) is 17.6 Å². The van der Waals surface area contributed by atoms with E-state index in [0.29, 0.717) is 12.1 Å². The molecule has 6 nitrogen and oxygen atoms in total. The van der Waals surface area contributed by atoms with Crippen molar-refractivity contribution in [2.75, 3.05) is 5.32 Å². The molecular formula is C19H27IN6. The van der Waals surface area contributed by atoms with Gasteiger partial charge in [-0.3, -0.25) is 0 Å². The first-order chi connectivity index (χ1) is 12.6. The Balaban J connectivity index is 1.60. The van der Waals surface area contributed by atoms with Crippen LogP contribution in [0.2, 0.25) is 0 Å². The standard InChI is InChI=1S/C19H27IN6/c1-12-22-10-17(26(12)11-13-2-3-13)18-14(8-20)9-23-19(25-18)24-16-6-4-15(21)5-7-16/h9-10,13,15-16H,2-8,11,21H2,1H3,(H,23,24,25)/t15-,16-. The van der Waals surface area contributed by atoms with Gasteiger partial charge in [0.2, 0.25) is 5.95 Å². The summed E-state index contributed by atoms with van der Waals surface area (Å²) in [7, 11) is 0. The van der Waals surface area contributed by atoms with Crippen LogP contribution < -0.4 is 11.1 Å². The number of imidazole rings is 1. The third kappa shape index (κ3) is 4.03. The third-order valence-electron chi connectivity index (χ3n) is 5.55. The van der Waals surface area contributed by atoms with E-state index in [1.54, 1.807) is 0 Å². The minimum Gasteiger partial charge on any atom is -0.351 e. The maximum Gasteiger partial charge on any atom is 0.223 e. The fraction of sp³-hybridized carbons (Fsp3) is 0.632. The highest BCUT2D eigenvalue weighted by Gasteiger charge is 2.25. The van der Waals surface area contributed by atoms with Crippen LogP contribution in [-0.2, 0) is 11.0 Å². The smallest absolute Gasteiger partial charge is 0.223 e. The van der Waals surface area contributed by atoms with Crippen LogP contribution in [0.15, 0.2) is 12.4 Å². The molecule has 2 fully saturated rings. The molecule has 2 aliphatic carbocycles. The number of alkyl halides is 1. The Morgan fingerprint density at radius 1 is 1.15 bits per heavy atom. The predicted molar refractivity (Wildman–Crippen MR) is 112 cm³/mol. The summed E-state index contributed by atoms with van der Waals surface area (Å²) in [6, 6.07) is 0.775. The third-order valence-corrected chi connectivity index (χ3v) is 6.37. The van der Waals surface area contributed by atoms with Crippen molar-refractivity contribution >= 4 is 28.5 Å². The number of aryl methyl sites for hydroxylation is 1. The van der Waals surface area contributed by atoms with Crippen molar-refractivity contribution in [3.63, 3.8) is 0 Å². The van der Waals surface area contributed by atoms with E-state index in [1.807, 2.05) is 12.4 Å². The summed E-state index contributed by atoms with van der Waals surface area (Å²) in [5, 5.41) is 3.53. The first-order valence-electron chi connectivity index (χ1n) is 9.60. The topological polar surface area (TPSA) is 81.7 Å². The number of aromatic nitrogens is 4. The van der Waals surface area contributed by atoms with Crippen LogP contribution in [0.1, 0.15) is 49.9 Å². The van der Waals surface area contributed by atoms with Crippen LogP contribution >= 0.6 is 22.6 Å². The molecule has 0 spiro atoms. The summed E-state index contributed by atoms with van der Waals surface area (Å²) in [6.07, 6.45) is 10.9. The second kappa shape index (κ2) is 7.80. The van der Waals surface area contributed by atoms with Crippen LogP contribution in [-0.4, -0.2) is 31.6 Å². The monoisotopic (exact) mass is 466 g/mol. The summed E-state index contributed by atoms with van der Waals surface area (Å²) in [4.78, 5) is 14.0. The highest BCUT2D eigenvalue weighted by molar-refractivity contribution is 14.1. The molecule has 140 valence electrons. The van der Waals surface area contributed by atoms with E-state index >= 15 is 0 Å². The Morgan fingerprint density at radius 2 is 1.92 bits per heavy atom. The normalized spacial score (nSPS) is 23.2. The van der Waals surface area contributed by atoms with Gasteiger partial charge in [-0.05, 0) is 51.4 Å². The SMILES string of the molecule is Cc1ncc(-c2nc(N[C@H]3CC[C@H](N)CC3)ncc2CI)n1CC1CC1. The zero-order chi connectivity index (χ0) is 18.1. The van der Waals surface area contributed by atoms with E-state index in [4.69, 9.17) is 10.7 Å². The number of hydrogen-bond donors (Lipinski definition) is 2. The molecule has 2 saturated carbocycles. The zero-order valence-corrected chi connectivity index (χ0v) is 17.4. The van der Waals surface area contributed by atoms with Gasteiger partial charge >= 0.3 is 0 Å². The van der Waals surface area contributed by atoms with Gasteiger partial charge in [-0.1, -0.05) is 22.6 Å². The summed E-state index contributed by atoms with van der Waals surface area (Å²) >= 11 is 2.39. The van der Waals surface area contributed by atoms with Crippen molar-refractivity contribution in [3.8, 4) is 11.4 Å². The van der Waals surface area contributed by atoms with Gasteiger partial charge in [-0.15, -0.1) is 0 Å². The maximum atomic E-state index is 6.02. The minimum absolute atomic E-state index is 0.352. The van der Waals surface area contributed by atoms with E-state index < -0.39 is 0 Å². The summed E-state index contributed by atoms with van der Waals surface area (Å²) in [6.45, 7) is 3.14. The van der Waals surface area contributed by atoms with E-state index in [-0.39, 0.29) is 0 Å². The molecule has 2 aliphatic rings. The molecule has 0 bridgehead atoms. The maximum absolute atomic E-state index is 6.02. The molecule has 0 unspecified atom stereocenters. The second-order valence-corrected chi connectivity index (χ2v) is 8.46. The largest absolute Gasteiger partial charge is 0.351 e. The predicted octanol–water partition coefficient (Wildman–Crippen LogP) is 3.68. The molecule has 2 heterocycles. The Hall–Kier alpha value is -1.22. The van der Waals surface area contributed by atoms with Gasteiger partial charge < -0.3 is 15.6 Å². The lowest BCUT2D eigenvalue weighted by Gasteiger charge is -2.27. The minimum atomic E-state index is 0.352. The van der Waals surface area contributed by atoms with Crippen LogP contribution in [0.3, 0.4) is 0 Å². The van der Waals surface area contributed by atoms with Gasteiger partial charge in [0.15, 0.2) is 0 Å². The van der Waals surface area contributed by atoms with Crippen molar-refractivity contribution in [2.45, 2.75) is 68.5 Å². The Kier molecular flexibility index (Phi) is 5.45. The van der Waals surface area contributed by atoms with E-state index in [2.05, 4.69) is 49.4 Å². The lowest BCUT2D eigenvalue weighted by Crippen LogP contribution is -2.33. The van der Waals surface area contributed by atoms with Crippen molar-refractivity contribution in [1.29, 1.82) is 0 Å². The molecule has 26 heavy (non-hydrogen) atoms. The summed E-state index contributed by atoms with van der Waals surface area (Å²) in [5.74, 6) is 2.60. The van der Waals surface area contributed by atoms with Crippen molar-refractivity contribution in [3.05, 3.63) is 23.8 Å². The fourth-order valence-electron chi connectivity index (χ4n) is 3.69. The molecule has 0 amide bonds. The Labute approximate surface area is 168 Å². The molecule has 0 aromatic carbocycles. The molecule has 2 aromatic heterocycles. The van der Waals surface area contributed by atoms with Crippen LogP contribution in [0.25, 0.3) is 11.4 Å². The van der Waals surface area contributed by atoms with Gasteiger partial charge in [-0.25, -0.2) is 15.0 Å². The fourth-order valence-corrected chi connectivity index (χ4v) is 4.25. The lowest BCUT2D eigenvalue weighted by molar-refractivity contribution is 0.410. The molecule has 0 radical (unpaired) electrons. The molecule has 4 rings (SSSR count). The average molecular weight is 466 g/mol. The quantitative estimate of drug-likeness (QED) is 0.502. The molecule has 3 N–H and O–H groups in total. The lowest BCUT2D eigenvalue weighted by atomic mass is 9.92. The number of rotatable bonds is 6. The highest BCUT2D eigenvalue weighted by atomic mass is 127. The Bertz CT molecular complexity index is 761. The first kappa shape index (κ1) is 18.2. The highest BCUT2D eigenvalue weighted by Crippen LogP contribution is 2.34. The first-order valence-corrected chi connectivity index (χ1v) is 11.1. The van der Waals surface area contributed by atoms with Crippen molar-refractivity contribution in [1.82, 2.24) is 19.5 Å². The van der Waals surface area contributed by atoms with Crippen molar-refractivity contribution < 1.29 is 0 Å². The van der Waals surface area contributed by atoms with Crippen molar-refractivity contribution in [2.24, 2.45) is 11.7 Å². The van der Waals surface area contributed by atoms with Gasteiger partial charge in [0, 0.05) is 34.8 Å². The second-order valence-electron chi connectivity index (χ2n) is 7.70. The molecule has 2 aromatic rings. The summed E-state index contributed by atoms with van der Waals surface area (Å²) < 4.78 is 3.22. The number of hydrogen-bond acceptors (Lipinski definition) is 5. The molecule has 7 heteroatoms. The summed E-state index contributed by atoms with van der Waals surface area (Å²) in [5.41, 5.74) is 9.33. The van der Waals surface area contributed by atoms with Crippen LogP contribution in [0, 0.1) is 12.8 Å². The molecule has 0 aliphatic heterocycles. The van der Waals surface area contributed by atoms with Crippen LogP contribution in [0.5, 0.6) is 0 Å². The van der Waals surface area contributed by atoms with Gasteiger partial charge in [0.1, 0.15) is 5.82 Å². The van der Waals surface area contributed by atoms with E-state index in [9.17, 15) is 0 Å². The number of nitrogens with one attached hydrogen (secondary N) is 1. The Morgan fingerprint density at radius 3 is 2.62 bits per heavy atom. The number of nitrogens with two attached hydrogens (primary N) is 1.